The van der Waals surface area contributed by atoms with Crippen LogP contribution in [0.5, 0.6) is 0 Å². The van der Waals surface area contributed by atoms with Crippen molar-refractivity contribution in [3.8, 4) is 0 Å². The SMILES string of the molecule is COCC(C)C(CO)NCC1CCCO1. The van der Waals surface area contributed by atoms with E-state index in [1.165, 1.54) is 0 Å². The third kappa shape index (κ3) is 4.47. The van der Waals surface area contributed by atoms with Crippen molar-refractivity contribution in [2.24, 2.45) is 5.92 Å². The Balaban J connectivity index is 2.19. The van der Waals surface area contributed by atoms with Crippen molar-refractivity contribution in [1.82, 2.24) is 5.32 Å². The van der Waals surface area contributed by atoms with Crippen LogP contribution < -0.4 is 5.32 Å². The molecule has 1 saturated heterocycles. The summed E-state index contributed by atoms with van der Waals surface area (Å²) in [5, 5.41) is 12.6. The molecule has 1 rings (SSSR count). The molecule has 3 unspecified atom stereocenters. The Bertz CT molecular complexity index is 160. The number of nitrogens with one attached hydrogen (secondary N) is 1. The van der Waals surface area contributed by atoms with Crippen molar-refractivity contribution in [3.05, 3.63) is 0 Å². The second kappa shape index (κ2) is 7.17. The second-order valence-corrected chi connectivity index (χ2v) is 4.26. The lowest BCUT2D eigenvalue weighted by molar-refractivity contribution is 0.0850. The first-order valence-electron chi connectivity index (χ1n) is 5.72. The van der Waals surface area contributed by atoms with E-state index < -0.39 is 0 Å². The highest BCUT2D eigenvalue weighted by molar-refractivity contribution is 4.76. The van der Waals surface area contributed by atoms with Gasteiger partial charge < -0.3 is 19.9 Å². The van der Waals surface area contributed by atoms with Gasteiger partial charge in [-0.2, -0.15) is 0 Å². The molecular weight excluding hydrogens is 194 g/mol. The summed E-state index contributed by atoms with van der Waals surface area (Å²) in [6, 6.07) is 0.106. The topological polar surface area (TPSA) is 50.7 Å². The Hall–Kier alpha value is -0.160. The Kier molecular flexibility index (Phi) is 6.17. The maximum atomic E-state index is 9.24. The van der Waals surface area contributed by atoms with E-state index in [-0.39, 0.29) is 12.6 Å². The highest BCUT2D eigenvalue weighted by Crippen LogP contribution is 2.11. The van der Waals surface area contributed by atoms with Crippen LogP contribution in [0.1, 0.15) is 19.8 Å². The van der Waals surface area contributed by atoms with E-state index in [1.807, 2.05) is 0 Å². The third-order valence-electron chi connectivity index (χ3n) is 2.94. The van der Waals surface area contributed by atoms with Crippen LogP contribution in [0.15, 0.2) is 0 Å². The van der Waals surface area contributed by atoms with Crippen LogP contribution in [0.4, 0.5) is 0 Å². The third-order valence-corrected chi connectivity index (χ3v) is 2.94. The fourth-order valence-corrected chi connectivity index (χ4v) is 1.91. The van der Waals surface area contributed by atoms with Gasteiger partial charge in [-0.1, -0.05) is 6.92 Å². The average molecular weight is 217 g/mol. The van der Waals surface area contributed by atoms with Crippen LogP contribution in [0.2, 0.25) is 0 Å². The zero-order valence-corrected chi connectivity index (χ0v) is 9.74. The van der Waals surface area contributed by atoms with Gasteiger partial charge >= 0.3 is 0 Å². The molecule has 0 aromatic carbocycles. The molecule has 0 aromatic heterocycles. The Morgan fingerprint density at radius 2 is 2.40 bits per heavy atom. The molecule has 0 aliphatic carbocycles. The molecule has 0 saturated carbocycles. The first-order chi connectivity index (χ1) is 7.27. The van der Waals surface area contributed by atoms with Gasteiger partial charge in [-0.25, -0.2) is 0 Å². The molecule has 0 bridgehead atoms. The van der Waals surface area contributed by atoms with Gasteiger partial charge in [-0.3, -0.25) is 0 Å². The fraction of sp³-hybridized carbons (Fsp3) is 1.00. The summed E-state index contributed by atoms with van der Waals surface area (Å²) in [5.41, 5.74) is 0. The summed E-state index contributed by atoms with van der Waals surface area (Å²) in [4.78, 5) is 0. The van der Waals surface area contributed by atoms with E-state index in [9.17, 15) is 5.11 Å². The van der Waals surface area contributed by atoms with Crippen LogP contribution >= 0.6 is 0 Å². The molecule has 0 spiro atoms. The molecule has 1 fully saturated rings. The summed E-state index contributed by atoms with van der Waals surface area (Å²) in [5.74, 6) is 0.321. The number of hydrogen-bond donors (Lipinski definition) is 2. The quantitative estimate of drug-likeness (QED) is 0.648. The largest absolute Gasteiger partial charge is 0.395 e. The normalized spacial score (nSPS) is 25.4. The van der Waals surface area contributed by atoms with Gasteiger partial charge in [-0.05, 0) is 18.8 Å². The Labute approximate surface area is 92.0 Å². The van der Waals surface area contributed by atoms with E-state index in [1.54, 1.807) is 7.11 Å². The lowest BCUT2D eigenvalue weighted by atomic mass is 10.0. The van der Waals surface area contributed by atoms with Gasteiger partial charge in [0.2, 0.25) is 0 Å². The Morgan fingerprint density at radius 1 is 1.60 bits per heavy atom. The predicted molar refractivity (Wildman–Crippen MR) is 58.9 cm³/mol. The molecule has 1 aliphatic heterocycles. The lowest BCUT2D eigenvalue weighted by Gasteiger charge is -2.24. The number of methoxy groups -OCH3 is 1. The maximum absolute atomic E-state index is 9.24. The van der Waals surface area contributed by atoms with Gasteiger partial charge in [-0.15, -0.1) is 0 Å². The van der Waals surface area contributed by atoms with E-state index in [2.05, 4.69) is 12.2 Å². The second-order valence-electron chi connectivity index (χ2n) is 4.26. The molecule has 0 amide bonds. The number of aliphatic hydroxyl groups is 1. The van der Waals surface area contributed by atoms with Crippen LogP contribution in [0.3, 0.4) is 0 Å². The molecule has 1 heterocycles. The zero-order valence-electron chi connectivity index (χ0n) is 9.74. The van der Waals surface area contributed by atoms with Gasteiger partial charge in [0.05, 0.1) is 19.3 Å². The maximum Gasteiger partial charge on any atom is 0.0700 e. The smallest absolute Gasteiger partial charge is 0.0700 e. The zero-order chi connectivity index (χ0) is 11.1. The molecule has 0 radical (unpaired) electrons. The van der Waals surface area contributed by atoms with Crippen LogP contribution in [0, 0.1) is 5.92 Å². The van der Waals surface area contributed by atoms with E-state index in [0.29, 0.717) is 18.6 Å². The monoisotopic (exact) mass is 217 g/mol. The molecule has 15 heavy (non-hydrogen) atoms. The minimum atomic E-state index is 0.106. The van der Waals surface area contributed by atoms with Gasteiger partial charge in [0, 0.05) is 26.3 Å². The molecule has 90 valence electrons. The van der Waals surface area contributed by atoms with Crippen LogP contribution in [0.25, 0.3) is 0 Å². The van der Waals surface area contributed by atoms with Crippen molar-refractivity contribution in [2.75, 3.05) is 33.5 Å². The number of rotatable bonds is 7. The highest BCUT2D eigenvalue weighted by atomic mass is 16.5. The van der Waals surface area contributed by atoms with Crippen molar-refractivity contribution in [2.45, 2.75) is 31.9 Å². The molecular formula is C11H23NO3. The highest BCUT2D eigenvalue weighted by Gasteiger charge is 2.20. The number of aliphatic hydroxyl groups excluding tert-OH is 1. The van der Waals surface area contributed by atoms with Crippen LogP contribution in [-0.2, 0) is 9.47 Å². The van der Waals surface area contributed by atoms with Crippen molar-refractivity contribution < 1.29 is 14.6 Å². The minimum Gasteiger partial charge on any atom is -0.395 e. The number of ether oxygens (including phenoxy) is 2. The Morgan fingerprint density at radius 3 is 2.93 bits per heavy atom. The van der Waals surface area contributed by atoms with E-state index in [4.69, 9.17) is 9.47 Å². The molecule has 3 atom stereocenters. The molecule has 2 N–H and O–H groups in total. The van der Waals surface area contributed by atoms with Crippen molar-refractivity contribution in [1.29, 1.82) is 0 Å². The van der Waals surface area contributed by atoms with Crippen molar-refractivity contribution in [3.63, 3.8) is 0 Å². The lowest BCUT2D eigenvalue weighted by Crippen LogP contribution is -2.43. The minimum absolute atomic E-state index is 0.106. The first kappa shape index (κ1) is 12.9. The van der Waals surface area contributed by atoms with Gasteiger partial charge in [0.1, 0.15) is 0 Å². The van der Waals surface area contributed by atoms with Gasteiger partial charge in [0.25, 0.3) is 0 Å². The summed E-state index contributed by atoms with van der Waals surface area (Å²) < 4.78 is 10.6. The molecule has 0 aromatic rings. The summed E-state index contributed by atoms with van der Waals surface area (Å²) in [7, 11) is 1.69. The molecule has 1 aliphatic rings. The summed E-state index contributed by atoms with van der Waals surface area (Å²) >= 11 is 0. The number of hydrogen-bond acceptors (Lipinski definition) is 4. The summed E-state index contributed by atoms with van der Waals surface area (Å²) in [6.45, 7) is 4.61. The average Bonchev–Trinajstić information content (AvgIpc) is 2.72. The van der Waals surface area contributed by atoms with E-state index in [0.717, 1.165) is 26.0 Å². The first-order valence-corrected chi connectivity index (χ1v) is 5.72. The standard InChI is InChI=1S/C11H23NO3/c1-9(8-14-2)11(7-13)12-6-10-4-3-5-15-10/h9-13H,3-8H2,1-2H3. The van der Waals surface area contributed by atoms with Crippen LogP contribution in [-0.4, -0.2) is 50.7 Å². The molecule has 4 heteroatoms. The fourth-order valence-electron chi connectivity index (χ4n) is 1.91. The summed E-state index contributed by atoms with van der Waals surface area (Å²) in [6.07, 6.45) is 2.61. The van der Waals surface area contributed by atoms with E-state index >= 15 is 0 Å². The molecule has 4 nitrogen and oxygen atoms in total. The van der Waals surface area contributed by atoms with Gasteiger partial charge in [0.15, 0.2) is 0 Å². The van der Waals surface area contributed by atoms with Crippen molar-refractivity contribution >= 4 is 0 Å². The predicted octanol–water partition coefficient (Wildman–Crippen LogP) is 0.398.